The van der Waals surface area contributed by atoms with E-state index in [2.05, 4.69) is 0 Å². The van der Waals surface area contributed by atoms with Crippen LogP contribution in [0.1, 0.15) is 10.4 Å². The molecule has 0 atom stereocenters. The summed E-state index contributed by atoms with van der Waals surface area (Å²) >= 11 is 0. The average molecular weight is 275 g/mol. The summed E-state index contributed by atoms with van der Waals surface area (Å²) in [6.45, 7) is 0.167. The van der Waals surface area contributed by atoms with Gasteiger partial charge in [-0.1, -0.05) is 0 Å². The van der Waals surface area contributed by atoms with Gasteiger partial charge in [0.15, 0.2) is 21.5 Å². The molecule has 7 heteroatoms. The largest absolute Gasteiger partial charge is 0.337 e. The molecule has 1 aliphatic heterocycles. The third-order valence-corrected chi connectivity index (χ3v) is 4.41. The molecule has 1 aromatic carbocycles. The van der Waals surface area contributed by atoms with E-state index in [1.165, 1.54) is 11.0 Å². The number of hydrogen-bond donors (Lipinski definition) is 0. The standard InChI is InChI=1S/C11H11F2NO3S/c12-9-2-1-8(7-10(9)13)11(15)14-3-5-18(16,17)6-4-14/h1-2,7H,3-6H2. The summed E-state index contributed by atoms with van der Waals surface area (Å²) in [5.74, 6) is -2.78. The Morgan fingerprint density at radius 2 is 1.72 bits per heavy atom. The lowest BCUT2D eigenvalue weighted by Gasteiger charge is -2.26. The molecule has 2 rings (SSSR count). The fraction of sp³-hybridized carbons (Fsp3) is 0.364. The van der Waals surface area contributed by atoms with Crippen LogP contribution in [0.15, 0.2) is 18.2 Å². The van der Waals surface area contributed by atoms with Crippen LogP contribution in [0.2, 0.25) is 0 Å². The Balaban J connectivity index is 2.15. The zero-order valence-electron chi connectivity index (χ0n) is 9.40. The average Bonchev–Trinajstić information content (AvgIpc) is 2.32. The number of nitrogens with zero attached hydrogens (tertiary/aromatic N) is 1. The summed E-state index contributed by atoms with van der Waals surface area (Å²) in [5.41, 5.74) is 0.0215. The van der Waals surface area contributed by atoms with Crippen LogP contribution >= 0.6 is 0 Å². The van der Waals surface area contributed by atoms with Crippen molar-refractivity contribution in [2.24, 2.45) is 0 Å². The van der Waals surface area contributed by atoms with Gasteiger partial charge in [0, 0.05) is 18.7 Å². The summed E-state index contributed by atoms with van der Waals surface area (Å²) in [7, 11) is -3.07. The molecule has 0 unspecified atom stereocenters. The molecule has 0 spiro atoms. The quantitative estimate of drug-likeness (QED) is 0.763. The Morgan fingerprint density at radius 3 is 2.28 bits per heavy atom. The molecule has 0 aliphatic carbocycles. The van der Waals surface area contributed by atoms with Crippen LogP contribution in [0.25, 0.3) is 0 Å². The minimum atomic E-state index is -3.07. The molecular formula is C11H11F2NO3S. The highest BCUT2D eigenvalue weighted by atomic mass is 32.2. The van der Waals surface area contributed by atoms with Gasteiger partial charge in [-0.3, -0.25) is 4.79 Å². The second kappa shape index (κ2) is 4.64. The van der Waals surface area contributed by atoms with Crippen molar-refractivity contribution in [2.45, 2.75) is 0 Å². The van der Waals surface area contributed by atoms with Crippen molar-refractivity contribution in [3.63, 3.8) is 0 Å². The van der Waals surface area contributed by atoms with Crippen molar-refractivity contribution in [3.8, 4) is 0 Å². The number of halogens is 2. The van der Waals surface area contributed by atoms with E-state index in [-0.39, 0.29) is 30.2 Å². The molecule has 98 valence electrons. The first-order chi connectivity index (χ1) is 8.39. The van der Waals surface area contributed by atoms with Crippen molar-refractivity contribution in [3.05, 3.63) is 35.4 Å². The fourth-order valence-electron chi connectivity index (χ4n) is 1.73. The van der Waals surface area contributed by atoms with Gasteiger partial charge >= 0.3 is 0 Å². The monoisotopic (exact) mass is 275 g/mol. The van der Waals surface area contributed by atoms with Crippen LogP contribution in [0.5, 0.6) is 0 Å². The molecule has 1 aromatic rings. The Labute approximate surface area is 103 Å². The first-order valence-corrected chi connectivity index (χ1v) is 7.16. The van der Waals surface area contributed by atoms with Crippen LogP contribution in [-0.2, 0) is 9.84 Å². The highest BCUT2D eigenvalue weighted by Crippen LogP contribution is 2.13. The minimum Gasteiger partial charge on any atom is -0.337 e. The van der Waals surface area contributed by atoms with Gasteiger partial charge in [0.25, 0.3) is 5.91 Å². The topological polar surface area (TPSA) is 54.5 Å². The van der Waals surface area contributed by atoms with Crippen LogP contribution < -0.4 is 0 Å². The maximum absolute atomic E-state index is 13.0. The van der Waals surface area contributed by atoms with Crippen molar-refractivity contribution < 1.29 is 22.0 Å². The minimum absolute atomic E-state index is 0.0215. The first kappa shape index (κ1) is 12.9. The van der Waals surface area contributed by atoms with Gasteiger partial charge in [-0.05, 0) is 18.2 Å². The fourth-order valence-corrected chi connectivity index (χ4v) is 2.93. The van der Waals surface area contributed by atoms with Crippen molar-refractivity contribution in [1.29, 1.82) is 0 Å². The highest BCUT2D eigenvalue weighted by molar-refractivity contribution is 7.91. The third-order valence-electron chi connectivity index (χ3n) is 2.80. The van der Waals surface area contributed by atoms with E-state index in [1.54, 1.807) is 0 Å². The molecule has 1 heterocycles. The summed E-state index contributed by atoms with van der Waals surface area (Å²) in [5, 5.41) is 0. The lowest BCUT2D eigenvalue weighted by Crippen LogP contribution is -2.43. The molecule has 18 heavy (non-hydrogen) atoms. The van der Waals surface area contributed by atoms with Gasteiger partial charge in [-0.2, -0.15) is 0 Å². The molecule has 1 saturated heterocycles. The highest BCUT2D eigenvalue weighted by Gasteiger charge is 2.26. The zero-order valence-corrected chi connectivity index (χ0v) is 10.2. The number of amides is 1. The summed E-state index contributed by atoms with van der Waals surface area (Å²) in [6.07, 6.45) is 0. The lowest BCUT2D eigenvalue weighted by molar-refractivity contribution is 0.0769. The zero-order chi connectivity index (χ0) is 13.3. The molecule has 0 bridgehead atoms. The van der Waals surface area contributed by atoms with Crippen LogP contribution in [-0.4, -0.2) is 43.8 Å². The summed E-state index contributed by atoms with van der Waals surface area (Å²) in [6, 6.07) is 2.88. The van der Waals surface area contributed by atoms with Gasteiger partial charge in [0.2, 0.25) is 0 Å². The Kier molecular flexibility index (Phi) is 3.34. The van der Waals surface area contributed by atoms with Crippen molar-refractivity contribution in [1.82, 2.24) is 4.90 Å². The van der Waals surface area contributed by atoms with Crippen molar-refractivity contribution >= 4 is 15.7 Å². The number of carbonyl (C=O) groups excluding carboxylic acids is 1. The lowest BCUT2D eigenvalue weighted by atomic mass is 10.2. The summed E-state index contributed by atoms with van der Waals surface area (Å²) < 4.78 is 48.1. The number of carbonyl (C=O) groups is 1. The van der Waals surface area contributed by atoms with E-state index in [1.807, 2.05) is 0 Å². The maximum Gasteiger partial charge on any atom is 0.254 e. The van der Waals surface area contributed by atoms with Crippen LogP contribution in [0, 0.1) is 11.6 Å². The Hall–Kier alpha value is -1.50. The number of hydrogen-bond acceptors (Lipinski definition) is 3. The predicted molar refractivity (Wildman–Crippen MR) is 60.9 cm³/mol. The molecule has 1 fully saturated rings. The molecule has 1 amide bonds. The van der Waals surface area contributed by atoms with Gasteiger partial charge in [-0.25, -0.2) is 17.2 Å². The SMILES string of the molecule is O=C(c1ccc(F)c(F)c1)N1CCS(=O)(=O)CC1. The van der Waals surface area contributed by atoms with E-state index < -0.39 is 27.4 Å². The molecule has 0 aromatic heterocycles. The van der Waals surface area contributed by atoms with Crippen LogP contribution in [0.4, 0.5) is 8.78 Å². The summed E-state index contributed by atoms with van der Waals surface area (Å²) in [4.78, 5) is 13.2. The normalized spacial score (nSPS) is 18.7. The van der Waals surface area contributed by atoms with Gasteiger partial charge in [0.05, 0.1) is 11.5 Å². The van der Waals surface area contributed by atoms with E-state index in [4.69, 9.17) is 0 Å². The number of benzene rings is 1. The number of rotatable bonds is 1. The number of sulfone groups is 1. The smallest absolute Gasteiger partial charge is 0.254 e. The van der Waals surface area contributed by atoms with E-state index >= 15 is 0 Å². The third kappa shape index (κ3) is 2.66. The second-order valence-corrected chi connectivity index (χ2v) is 6.38. The van der Waals surface area contributed by atoms with Gasteiger partial charge < -0.3 is 4.90 Å². The molecule has 4 nitrogen and oxygen atoms in total. The van der Waals surface area contributed by atoms with E-state index in [0.717, 1.165) is 12.1 Å². The Bertz CT molecular complexity index is 572. The molecular weight excluding hydrogens is 264 g/mol. The molecule has 1 aliphatic rings. The maximum atomic E-state index is 13.0. The first-order valence-electron chi connectivity index (χ1n) is 5.34. The van der Waals surface area contributed by atoms with E-state index in [0.29, 0.717) is 0 Å². The van der Waals surface area contributed by atoms with E-state index in [9.17, 15) is 22.0 Å². The Morgan fingerprint density at radius 1 is 1.11 bits per heavy atom. The molecule has 0 saturated carbocycles. The van der Waals surface area contributed by atoms with Crippen molar-refractivity contribution in [2.75, 3.05) is 24.6 Å². The molecule has 0 radical (unpaired) electrons. The van der Waals surface area contributed by atoms with Gasteiger partial charge in [0.1, 0.15) is 0 Å². The predicted octanol–water partition coefficient (Wildman–Crippen LogP) is 0.835. The van der Waals surface area contributed by atoms with Gasteiger partial charge in [-0.15, -0.1) is 0 Å². The van der Waals surface area contributed by atoms with Crippen LogP contribution in [0.3, 0.4) is 0 Å². The molecule has 0 N–H and O–H groups in total. The second-order valence-electron chi connectivity index (χ2n) is 4.07.